The van der Waals surface area contributed by atoms with Gasteiger partial charge in [-0.3, -0.25) is 14.4 Å². The van der Waals surface area contributed by atoms with E-state index in [1.54, 1.807) is 6.20 Å². The SMILES string of the molecule is CCc1cnn(C2(CC#N)CN(c3cccnc3/N=C(\N)Nc3ccc(C(=O)N4CCC(N5CCOCC5)CC4)cc3)C2)c1. The van der Waals surface area contributed by atoms with Gasteiger partial charge in [-0.05, 0) is 61.2 Å². The molecule has 44 heavy (non-hydrogen) atoms. The van der Waals surface area contributed by atoms with E-state index >= 15 is 0 Å². The second-order valence-electron chi connectivity index (χ2n) is 11.8. The fraction of sp³-hybridized carbons (Fsp3) is 0.469. The Balaban J connectivity index is 1.06. The first kappa shape index (κ1) is 29.6. The van der Waals surface area contributed by atoms with Gasteiger partial charge in [0.05, 0.1) is 37.6 Å². The number of hydrogen-bond acceptors (Lipinski definition) is 8. The summed E-state index contributed by atoms with van der Waals surface area (Å²) in [6.45, 7) is 8.42. The zero-order valence-electron chi connectivity index (χ0n) is 25.2. The minimum Gasteiger partial charge on any atom is -0.379 e. The van der Waals surface area contributed by atoms with Gasteiger partial charge in [0.15, 0.2) is 11.8 Å². The molecule has 2 aromatic heterocycles. The number of aryl methyl sites for hydroxylation is 1. The summed E-state index contributed by atoms with van der Waals surface area (Å²) in [5, 5.41) is 17.2. The number of aromatic nitrogens is 3. The van der Waals surface area contributed by atoms with Crippen molar-refractivity contribution >= 4 is 29.1 Å². The number of ether oxygens (including phenoxy) is 1. The fourth-order valence-corrected chi connectivity index (χ4v) is 6.39. The molecule has 6 rings (SSSR count). The van der Waals surface area contributed by atoms with E-state index in [1.165, 1.54) is 0 Å². The molecule has 0 radical (unpaired) electrons. The smallest absolute Gasteiger partial charge is 0.253 e. The number of benzene rings is 1. The molecule has 0 spiro atoms. The maximum absolute atomic E-state index is 13.2. The van der Waals surface area contributed by atoms with Crippen molar-refractivity contribution in [3.05, 3.63) is 66.1 Å². The Labute approximate surface area is 258 Å². The van der Waals surface area contributed by atoms with Crippen molar-refractivity contribution in [1.82, 2.24) is 24.6 Å². The highest BCUT2D eigenvalue weighted by atomic mass is 16.5. The first-order valence-corrected chi connectivity index (χ1v) is 15.4. The number of amides is 1. The number of carbonyl (C=O) groups excluding carboxylic acids is 1. The van der Waals surface area contributed by atoms with Crippen LogP contribution in [0.25, 0.3) is 0 Å². The summed E-state index contributed by atoms with van der Waals surface area (Å²) in [5.74, 6) is 0.738. The predicted molar refractivity (Wildman–Crippen MR) is 169 cm³/mol. The largest absolute Gasteiger partial charge is 0.379 e. The van der Waals surface area contributed by atoms with Crippen LogP contribution in [-0.2, 0) is 16.7 Å². The van der Waals surface area contributed by atoms with Crippen LogP contribution in [0.1, 0.15) is 42.1 Å². The number of nitrogens with two attached hydrogens (primary N) is 1. The average molecular weight is 597 g/mol. The lowest BCUT2D eigenvalue weighted by Gasteiger charge is -2.50. The molecule has 12 heteroatoms. The van der Waals surface area contributed by atoms with E-state index in [0.29, 0.717) is 36.9 Å². The second kappa shape index (κ2) is 13.0. The number of hydrogen-bond donors (Lipinski definition) is 2. The Kier molecular flexibility index (Phi) is 8.77. The van der Waals surface area contributed by atoms with Gasteiger partial charge in [0.25, 0.3) is 5.91 Å². The topological polar surface area (TPSA) is 141 Å². The molecule has 0 atom stereocenters. The first-order chi connectivity index (χ1) is 21.5. The number of piperidine rings is 1. The number of nitriles is 1. The van der Waals surface area contributed by atoms with Gasteiger partial charge < -0.3 is 25.6 Å². The lowest BCUT2D eigenvalue weighted by atomic mass is 9.86. The molecule has 3 aliphatic rings. The number of anilines is 2. The van der Waals surface area contributed by atoms with Crippen molar-refractivity contribution in [2.75, 3.05) is 62.7 Å². The van der Waals surface area contributed by atoms with Crippen LogP contribution in [0.5, 0.6) is 0 Å². The van der Waals surface area contributed by atoms with E-state index in [-0.39, 0.29) is 17.4 Å². The van der Waals surface area contributed by atoms with Gasteiger partial charge in [-0.15, -0.1) is 0 Å². The molecule has 1 aromatic carbocycles. The van der Waals surface area contributed by atoms with Crippen LogP contribution >= 0.6 is 0 Å². The molecule has 0 bridgehead atoms. The Morgan fingerprint density at radius 3 is 2.59 bits per heavy atom. The summed E-state index contributed by atoms with van der Waals surface area (Å²) >= 11 is 0. The van der Waals surface area contributed by atoms with Gasteiger partial charge in [-0.2, -0.15) is 15.4 Å². The average Bonchev–Trinajstić information content (AvgIpc) is 3.53. The molecular weight excluding hydrogens is 556 g/mol. The molecule has 12 nitrogen and oxygen atoms in total. The minimum absolute atomic E-state index is 0.0554. The summed E-state index contributed by atoms with van der Waals surface area (Å²) in [4.78, 5) is 28.8. The number of nitrogens with zero attached hydrogens (tertiary/aromatic N) is 8. The van der Waals surface area contributed by atoms with Crippen LogP contribution in [0.3, 0.4) is 0 Å². The minimum atomic E-state index is -0.388. The molecule has 3 N–H and O–H groups in total. The molecule has 1 amide bonds. The van der Waals surface area contributed by atoms with E-state index in [9.17, 15) is 10.1 Å². The van der Waals surface area contributed by atoms with Gasteiger partial charge in [-0.1, -0.05) is 6.92 Å². The number of likely N-dealkylation sites (tertiary alicyclic amines) is 1. The quantitative estimate of drug-likeness (QED) is 0.297. The Bertz CT molecular complexity index is 1510. The lowest BCUT2D eigenvalue weighted by Crippen LogP contribution is -2.63. The van der Waals surface area contributed by atoms with Crippen LogP contribution < -0.4 is 16.0 Å². The van der Waals surface area contributed by atoms with Gasteiger partial charge in [0.1, 0.15) is 5.54 Å². The first-order valence-electron chi connectivity index (χ1n) is 15.4. The van der Waals surface area contributed by atoms with Crippen LogP contribution in [0.4, 0.5) is 17.2 Å². The molecule has 0 aliphatic carbocycles. The predicted octanol–water partition coefficient (Wildman–Crippen LogP) is 2.96. The third-order valence-corrected chi connectivity index (χ3v) is 8.96. The van der Waals surface area contributed by atoms with Crippen molar-refractivity contribution in [1.29, 1.82) is 5.26 Å². The van der Waals surface area contributed by atoms with Gasteiger partial charge in [0.2, 0.25) is 0 Å². The number of aliphatic imine (C=N–C) groups is 1. The highest BCUT2D eigenvalue weighted by Crippen LogP contribution is 2.39. The molecule has 3 aromatic rings. The normalized spacial score (nSPS) is 19.3. The molecule has 5 heterocycles. The maximum atomic E-state index is 13.2. The van der Waals surface area contributed by atoms with E-state index in [2.05, 4.69) is 43.2 Å². The number of nitrogens with one attached hydrogen (secondary N) is 1. The second-order valence-corrected chi connectivity index (χ2v) is 11.8. The van der Waals surface area contributed by atoms with Gasteiger partial charge >= 0.3 is 0 Å². The van der Waals surface area contributed by atoms with Crippen LogP contribution in [0, 0.1) is 11.3 Å². The summed E-state index contributed by atoms with van der Waals surface area (Å²) < 4.78 is 7.41. The van der Waals surface area contributed by atoms with Crippen LogP contribution in [0.15, 0.2) is 60.0 Å². The summed E-state index contributed by atoms with van der Waals surface area (Å²) in [7, 11) is 0. The monoisotopic (exact) mass is 596 g/mol. The summed E-state index contributed by atoms with van der Waals surface area (Å²) in [6.07, 6.45) is 8.83. The highest BCUT2D eigenvalue weighted by molar-refractivity contribution is 5.97. The molecule has 3 aliphatic heterocycles. The molecule has 0 unspecified atom stereocenters. The van der Waals surface area contributed by atoms with E-state index in [1.807, 2.05) is 58.4 Å². The number of pyridine rings is 1. The zero-order chi connectivity index (χ0) is 30.5. The van der Waals surface area contributed by atoms with Crippen LogP contribution in [0.2, 0.25) is 0 Å². The number of carbonyl (C=O) groups is 1. The molecule has 3 fully saturated rings. The third-order valence-electron chi connectivity index (χ3n) is 8.96. The van der Waals surface area contributed by atoms with Crippen molar-refractivity contribution in [3.63, 3.8) is 0 Å². The van der Waals surface area contributed by atoms with E-state index in [0.717, 1.165) is 75.6 Å². The summed E-state index contributed by atoms with van der Waals surface area (Å²) in [6, 6.07) is 14.0. The Hall–Kier alpha value is -4.47. The molecule has 230 valence electrons. The van der Waals surface area contributed by atoms with Crippen molar-refractivity contribution in [2.24, 2.45) is 10.7 Å². The standard InChI is InChI=1S/C32H40N10O2/c1-2-24-20-36-42(21-24)32(11-12-33)22-41(23-32)28-4-3-13-35-29(28)38-31(34)37-26-7-5-25(6-8-26)30(43)40-14-9-27(10-15-40)39-16-18-44-19-17-39/h3-8,13,20-21,27H,2,9-11,14-19,22-23H2,1H3,(H3,34,35,37,38). The molecular formula is C32H40N10O2. The lowest BCUT2D eigenvalue weighted by molar-refractivity contribution is 0.00159. The van der Waals surface area contributed by atoms with Gasteiger partial charge in [-0.25, -0.2) is 4.98 Å². The number of morpholine rings is 1. The van der Waals surface area contributed by atoms with Crippen LogP contribution in [-0.4, -0.2) is 95.0 Å². The fourth-order valence-electron chi connectivity index (χ4n) is 6.39. The van der Waals surface area contributed by atoms with Crippen molar-refractivity contribution < 1.29 is 9.53 Å². The molecule has 0 saturated carbocycles. The Morgan fingerprint density at radius 2 is 1.91 bits per heavy atom. The molecule has 3 saturated heterocycles. The Morgan fingerprint density at radius 1 is 1.16 bits per heavy atom. The van der Waals surface area contributed by atoms with Gasteiger partial charge in [0, 0.05) is 69.0 Å². The van der Waals surface area contributed by atoms with Crippen molar-refractivity contribution in [2.45, 2.75) is 44.2 Å². The van der Waals surface area contributed by atoms with E-state index in [4.69, 9.17) is 10.5 Å². The highest BCUT2D eigenvalue weighted by Gasteiger charge is 2.46. The summed E-state index contributed by atoms with van der Waals surface area (Å²) in [5.41, 5.74) is 9.29. The van der Waals surface area contributed by atoms with E-state index < -0.39 is 0 Å². The maximum Gasteiger partial charge on any atom is 0.253 e. The third kappa shape index (κ3) is 6.25. The van der Waals surface area contributed by atoms with Crippen molar-refractivity contribution in [3.8, 4) is 6.07 Å². The number of rotatable bonds is 8. The zero-order valence-corrected chi connectivity index (χ0v) is 25.2. The number of guanidine groups is 1.